The predicted octanol–water partition coefficient (Wildman–Crippen LogP) is 3.95. The van der Waals surface area contributed by atoms with E-state index >= 15 is 0 Å². The molecule has 0 aromatic heterocycles. The second kappa shape index (κ2) is 21.6. The van der Waals surface area contributed by atoms with Gasteiger partial charge in [-0.3, -0.25) is 14.5 Å². The lowest BCUT2D eigenvalue weighted by molar-refractivity contribution is -0.121. The normalized spacial score (nSPS) is 11.8. The van der Waals surface area contributed by atoms with Crippen molar-refractivity contribution >= 4 is 11.8 Å². The first-order chi connectivity index (χ1) is 15.0. The Labute approximate surface area is 190 Å². The van der Waals surface area contributed by atoms with E-state index in [1.54, 1.807) is 6.92 Å². The Morgan fingerprint density at radius 3 is 1.61 bits per heavy atom. The highest BCUT2D eigenvalue weighted by Crippen LogP contribution is 2.06. The molecule has 31 heavy (non-hydrogen) atoms. The van der Waals surface area contributed by atoms with E-state index in [-0.39, 0.29) is 11.8 Å². The SMILES string of the molecule is C=CCCCCCCC(=O)NCCN(CCNC(=O)CCCCCCC=C)CC(C)O. The molecule has 0 heterocycles. The molecule has 180 valence electrons. The summed E-state index contributed by atoms with van der Waals surface area (Å²) >= 11 is 0. The van der Waals surface area contributed by atoms with Crippen molar-refractivity contribution in [3.63, 3.8) is 0 Å². The van der Waals surface area contributed by atoms with Crippen LogP contribution in [0.15, 0.2) is 25.3 Å². The van der Waals surface area contributed by atoms with E-state index < -0.39 is 6.10 Å². The first-order valence-corrected chi connectivity index (χ1v) is 12.1. The zero-order chi connectivity index (χ0) is 23.2. The van der Waals surface area contributed by atoms with Gasteiger partial charge < -0.3 is 15.7 Å². The average Bonchev–Trinajstić information content (AvgIpc) is 2.72. The second-order valence-electron chi connectivity index (χ2n) is 8.33. The number of amides is 2. The van der Waals surface area contributed by atoms with Gasteiger partial charge in [0.2, 0.25) is 11.8 Å². The number of unbranched alkanes of at least 4 members (excludes halogenated alkanes) is 8. The molecule has 0 aliphatic heterocycles. The fourth-order valence-electron chi connectivity index (χ4n) is 3.41. The number of nitrogens with one attached hydrogen (secondary N) is 2. The van der Waals surface area contributed by atoms with E-state index in [1.165, 1.54) is 0 Å². The number of allylic oxidation sites excluding steroid dienone is 2. The molecule has 0 fully saturated rings. The molecule has 0 bridgehead atoms. The van der Waals surface area contributed by atoms with E-state index in [9.17, 15) is 14.7 Å². The van der Waals surface area contributed by atoms with Crippen molar-refractivity contribution in [2.75, 3.05) is 32.7 Å². The van der Waals surface area contributed by atoms with E-state index in [1.807, 2.05) is 12.2 Å². The molecule has 3 N–H and O–H groups in total. The van der Waals surface area contributed by atoms with Gasteiger partial charge in [0, 0.05) is 45.6 Å². The van der Waals surface area contributed by atoms with Gasteiger partial charge in [-0.25, -0.2) is 0 Å². The summed E-state index contributed by atoms with van der Waals surface area (Å²) in [7, 11) is 0. The summed E-state index contributed by atoms with van der Waals surface area (Å²) in [4.78, 5) is 26.0. The quantitative estimate of drug-likeness (QED) is 0.177. The van der Waals surface area contributed by atoms with Crippen molar-refractivity contribution in [3.05, 3.63) is 25.3 Å². The van der Waals surface area contributed by atoms with Gasteiger partial charge in [0.15, 0.2) is 0 Å². The minimum Gasteiger partial charge on any atom is -0.392 e. The molecule has 0 aliphatic carbocycles. The Morgan fingerprint density at radius 1 is 0.806 bits per heavy atom. The molecule has 0 spiro atoms. The monoisotopic (exact) mass is 437 g/mol. The molecule has 0 saturated heterocycles. The number of hydrogen-bond acceptors (Lipinski definition) is 4. The van der Waals surface area contributed by atoms with Crippen LogP contribution in [0.25, 0.3) is 0 Å². The summed E-state index contributed by atoms with van der Waals surface area (Å²) in [6.45, 7) is 12.1. The molecule has 0 saturated carbocycles. The number of nitrogens with zero attached hydrogens (tertiary/aromatic N) is 1. The minimum atomic E-state index is -0.447. The summed E-state index contributed by atoms with van der Waals surface area (Å²) in [6, 6.07) is 0. The summed E-state index contributed by atoms with van der Waals surface area (Å²) < 4.78 is 0. The van der Waals surface area contributed by atoms with Crippen molar-refractivity contribution < 1.29 is 14.7 Å². The lowest BCUT2D eigenvalue weighted by atomic mass is 10.1. The summed E-state index contributed by atoms with van der Waals surface area (Å²) in [5.74, 6) is 0.171. The molecule has 0 radical (unpaired) electrons. The second-order valence-corrected chi connectivity index (χ2v) is 8.33. The van der Waals surface area contributed by atoms with Gasteiger partial charge in [-0.2, -0.15) is 0 Å². The number of aliphatic hydroxyl groups excluding tert-OH is 1. The third kappa shape index (κ3) is 21.4. The third-order valence-electron chi connectivity index (χ3n) is 5.15. The Kier molecular flexibility index (Phi) is 20.4. The van der Waals surface area contributed by atoms with E-state index in [4.69, 9.17) is 0 Å². The molecule has 0 aromatic rings. The topological polar surface area (TPSA) is 81.7 Å². The highest BCUT2D eigenvalue weighted by molar-refractivity contribution is 5.76. The number of aliphatic hydroxyl groups is 1. The number of carbonyl (C=O) groups is 2. The number of hydrogen-bond donors (Lipinski definition) is 3. The highest BCUT2D eigenvalue weighted by Gasteiger charge is 2.10. The van der Waals surface area contributed by atoms with Crippen LogP contribution in [0, 0.1) is 0 Å². The van der Waals surface area contributed by atoms with Crippen LogP contribution in [0.3, 0.4) is 0 Å². The summed E-state index contributed by atoms with van der Waals surface area (Å²) in [5.41, 5.74) is 0. The molecule has 6 nitrogen and oxygen atoms in total. The summed E-state index contributed by atoms with van der Waals surface area (Å²) in [5, 5.41) is 15.6. The van der Waals surface area contributed by atoms with Crippen LogP contribution >= 0.6 is 0 Å². The van der Waals surface area contributed by atoms with E-state index in [0.717, 1.165) is 64.2 Å². The maximum Gasteiger partial charge on any atom is 0.220 e. The average molecular weight is 438 g/mol. The Morgan fingerprint density at radius 2 is 1.23 bits per heavy atom. The van der Waals surface area contributed by atoms with Crippen molar-refractivity contribution in [2.24, 2.45) is 0 Å². The van der Waals surface area contributed by atoms with Gasteiger partial charge >= 0.3 is 0 Å². The fraction of sp³-hybridized carbons (Fsp3) is 0.760. The highest BCUT2D eigenvalue weighted by atomic mass is 16.3. The van der Waals surface area contributed by atoms with Crippen LogP contribution in [0.5, 0.6) is 0 Å². The van der Waals surface area contributed by atoms with Crippen LogP contribution in [-0.2, 0) is 9.59 Å². The first-order valence-electron chi connectivity index (χ1n) is 12.1. The molecule has 2 amide bonds. The third-order valence-corrected chi connectivity index (χ3v) is 5.15. The van der Waals surface area contributed by atoms with Gasteiger partial charge in [0.05, 0.1) is 6.10 Å². The van der Waals surface area contributed by atoms with Gasteiger partial charge in [0.25, 0.3) is 0 Å². The molecule has 6 heteroatoms. The lowest BCUT2D eigenvalue weighted by Gasteiger charge is -2.24. The van der Waals surface area contributed by atoms with Crippen molar-refractivity contribution in [2.45, 2.75) is 90.1 Å². The van der Waals surface area contributed by atoms with Crippen molar-refractivity contribution in [3.8, 4) is 0 Å². The number of carbonyl (C=O) groups excluding carboxylic acids is 2. The van der Waals surface area contributed by atoms with Gasteiger partial charge in [-0.15, -0.1) is 13.2 Å². The molecule has 0 aliphatic rings. The first kappa shape index (κ1) is 29.3. The molecule has 0 aromatic carbocycles. The van der Waals surface area contributed by atoms with Crippen LogP contribution in [0.2, 0.25) is 0 Å². The standard InChI is InChI=1S/C25H47N3O3/c1-4-6-8-10-12-14-16-24(30)26-18-20-28(22-23(3)29)21-19-27-25(31)17-15-13-11-9-7-5-2/h4-5,23,29H,1-2,6-22H2,3H3,(H,26,30)(H,27,31). The minimum absolute atomic E-state index is 0.0853. The van der Waals surface area contributed by atoms with Crippen LogP contribution < -0.4 is 10.6 Å². The van der Waals surface area contributed by atoms with Crippen molar-refractivity contribution in [1.82, 2.24) is 15.5 Å². The maximum atomic E-state index is 12.0. The molecule has 0 rings (SSSR count). The molecule has 1 unspecified atom stereocenters. The molecular formula is C25H47N3O3. The largest absolute Gasteiger partial charge is 0.392 e. The van der Waals surface area contributed by atoms with Gasteiger partial charge in [0.1, 0.15) is 0 Å². The van der Waals surface area contributed by atoms with Gasteiger partial charge in [-0.05, 0) is 45.4 Å². The van der Waals surface area contributed by atoms with Crippen molar-refractivity contribution in [1.29, 1.82) is 0 Å². The zero-order valence-electron chi connectivity index (χ0n) is 19.9. The summed E-state index contributed by atoms with van der Waals surface area (Å²) in [6.07, 6.45) is 15.2. The fourth-order valence-corrected chi connectivity index (χ4v) is 3.41. The predicted molar refractivity (Wildman–Crippen MR) is 130 cm³/mol. The Bertz CT molecular complexity index is 443. The molecule has 1 atom stereocenters. The van der Waals surface area contributed by atoms with Crippen LogP contribution in [0.1, 0.15) is 84.0 Å². The Hall–Kier alpha value is -1.66. The maximum absolute atomic E-state index is 12.0. The zero-order valence-corrected chi connectivity index (χ0v) is 19.9. The van der Waals surface area contributed by atoms with Gasteiger partial charge in [-0.1, -0.05) is 37.8 Å². The molecular weight excluding hydrogens is 390 g/mol. The smallest absolute Gasteiger partial charge is 0.220 e. The van der Waals surface area contributed by atoms with E-state index in [2.05, 4.69) is 28.7 Å². The lowest BCUT2D eigenvalue weighted by Crippen LogP contribution is -2.42. The van der Waals surface area contributed by atoms with Crippen LogP contribution in [0.4, 0.5) is 0 Å². The Balaban J connectivity index is 3.89. The van der Waals surface area contributed by atoms with Crippen LogP contribution in [-0.4, -0.2) is 60.6 Å². The number of rotatable bonds is 22. The van der Waals surface area contributed by atoms with E-state index in [0.29, 0.717) is 45.6 Å².